The molecule has 0 bridgehead atoms. The highest BCUT2D eigenvalue weighted by molar-refractivity contribution is 7.19. The van der Waals surface area contributed by atoms with Crippen LogP contribution in [0.3, 0.4) is 0 Å². The van der Waals surface area contributed by atoms with E-state index in [9.17, 15) is 4.79 Å². The topological polar surface area (TPSA) is 45.7 Å². The number of benzene rings is 1. The van der Waals surface area contributed by atoms with E-state index >= 15 is 0 Å². The summed E-state index contributed by atoms with van der Waals surface area (Å²) in [5, 5.41) is 2.03. The summed E-state index contributed by atoms with van der Waals surface area (Å²) >= 11 is 1.64. The minimum absolute atomic E-state index is 0.112. The van der Waals surface area contributed by atoms with Crippen molar-refractivity contribution in [1.29, 1.82) is 0 Å². The van der Waals surface area contributed by atoms with Crippen LogP contribution in [0.4, 0.5) is 5.00 Å². The highest BCUT2D eigenvalue weighted by Crippen LogP contribution is 2.38. The number of hydrogen-bond acceptors (Lipinski definition) is 5. The molecule has 2 aromatic rings. The van der Waals surface area contributed by atoms with E-state index in [0.29, 0.717) is 6.10 Å². The van der Waals surface area contributed by atoms with Crippen LogP contribution in [0.25, 0.3) is 10.6 Å². The third-order valence-electron chi connectivity index (χ3n) is 6.73. The Kier molecular flexibility index (Phi) is 5.79. The Morgan fingerprint density at radius 1 is 1.03 bits per heavy atom. The Morgan fingerprint density at radius 3 is 2.50 bits per heavy atom. The van der Waals surface area contributed by atoms with Crippen molar-refractivity contribution in [2.75, 3.05) is 24.5 Å². The Balaban J connectivity index is 1.22. The van der Waals surface area contributed by atoms with Crippen LogP contribution in [0.1, 0.15) is 57.6 Å². The van der Waals surface area contributed by atoms with Gasteiger partial charge in [0.05, 0.1) is 5.69 Å². The molecule has 1 saturated heterocycles. The zero-order valence-electron chi connectivity index (χ0n) is 17.8. The van der Waals surface area contributed by atoms with Crippen LogP contribution in [-0.4, -0.2) is 47.6 Å². The van der Waals surface area contributed by atoms with Gasteiger partial charge in [-0.05, 0) is 69.5 Å². The van der Waals surface area contributed by atoms with E-state index < -0.39 is 0 Å². The van der Waals surface area contributed by atoms with Gasteiger partial charge in [0.2, 0.25) is 5.91 Å². The first kappa shape index (κ1) is 20.0. The van der Waals surface area contributed by atoms with Crippen molar-refractivity contribution < 1.29 is 9.53 Å². The molecule has 3 heterocycles. The zero-order valence-corrected chi connectivity index (χ0v) is 18.6. The lowest BCUT2D eigenvalue weighted by Crippen LogP contribution is -2.50. The Labute approximate surface area is 183 Å². The number of aromatic nitrogens is 1. The number of carbonyl (C=O) groups excluding carboxylic acids is 1. The molecular formula is C24H31N3O2S. The van der Waals surface area contributed by atoms with Crippen LogP contribution in [0.2, 0.25) is 0 Å². The third kappa shape index (κ3) is 4.12. The van der Waals surface area contributed by atoms with Crippen LogP contribution in [0.5, 0.6) is 5.75 Å². The van der Waals surface area contributed by atoms with Gasteiger partial charge in [0.15, 0.2) is 0 Å². The van der Waals surface area contributed by atoms with Crippen LogP contribution in [-0.2, 0) is 11.2 Å². The SMILES string of the molecule is CC(=O)N1CCCCc2nc(-c3ccc(OC4CC(N5CCCCC5)C4)cc3)sc21. The molecule has 0 spiro atoms. The number of thiazole rings is 1. The molecule has 30 heavy (non-hydrogen) atoms. The molecule has 5 nitrogen and oxygen atoms in total. The summed E-state index contributed by atoms with van der Waals surface area (Å²) in [4.78, 5) is 21.5. The van der Waals surface area contributed by atoms with Gasteiger partial charge in [-0.3, -0.25) is 4.79 Å². The van der Waals surface area contributed by atoms with E-state index in [0.717, 1.165) is 71.7 Å². The second kappa shape index (κ2) is 8.67. The van der Waals surface area contributed by atoms with Gasteiger partial charge in [-0.15, -0.1) is 0 Å². The molecule has 1 amide bonds. The van der Waals surface area contributed by atoms with E-state index in [1.807, 2.05) is 4.90 Å². The van der Waals surface area contributed by atoms with E-state index in [1.54, 1.807) is 18.3 Å². The number of fused-ring (bicyclic) bond motifs is 1. The van der Waals surface area contributed by atoms with Gasteiger partial charge >= 0.3 is 0 Å². The van der Waals surface area contributed by atoms with Gasteiger partial charge in [-0.1, -0.05) is 17.8 Å². The number of ether oxygens (including phenoxy) is 1. The summed E-state index contributed by atoms with van der Waals surface area (Å²) in [6.07, 6.45) is 9.85. The minimum atomic E-state index is 0.112. The predicted molar refractivity (Wildman–Crippen MR) is 121 cm³/mol. The van der Waals surface area contributed by atoms with Crippen molar-refractivity contribution in [3.63, 3.8) is 0 Å². The van der Waals surface area contributed by atoms with E-state index in [4.69, 9.17) is 9.72 Å². The van der Waals surface area contributed by atoms with E-state index in [-0.39, 0.29) is 5.91 Å². The maximum absolute atomic E-state index is 12.1. The maximum Gasteiger partial charge on any atom is 0.224 e. The molecule has 1 saturated carbocycles. The average Bonchev–Trinajstić information content (AvgIpc) is 3.04. The largest absolute Gasteiger partial charge is 0.490 e. The number of piperidine rings is 1. The number of amides is 1. The molecule has 1 aromatic heterocycles. The highest BCUT2D eigenvalue weighted by atomic mass is 32.1. The van der Waals surface area contributed by atoms with Gasteiger partial charge in [0.1, 0.15) is 21.9 Å². The Hall–Kier alpha value is -1.92. The summed E-state index contributed by atoms with van der Waals surface area (Å²) in [7, 11) is 0. The van der Waals surface area contributed by atoms with Crippen LogP contribution < -0.4 is 9.64 Å². The lowest BCUT2D eigenvalue weighted by molar-refractivity contribution is -0.116. The maximum atomic E-state index is 12.1. The van der Waals surface area contributed by atoms with Crippen molar-refractivity contribution in [3.05, 3.63) is 30.0 Å². The average molecular weight is 426 g/mol. The van der Waals surface area contributed by atoms with Crippen LogP contribution in [0, 0.1) is 0 Å². The second-order valence-electron chi connectivity index (χ2n) is 8.88. The fourth-order valence-corrected chi connectivity index (χ4v) is 6.08. The number of anilines is 1. The quantitative estimate of drug-likeness (QED) is 0.699. The normalized spacial score (nSPS) is 24.6. The van der Waals surface area contributed by atoms with Gasteiger partial charge in [-0.25, -0.2) is 4.98 Å². The number of likely N-dealkylation sites (tertiary alicyclic amines) is 1. The van der Waals surface area contributed by atoms with E-state index in [2.05, 4.69) is 29.2 Å². The number of carbonyl (C=O) groups is 1. The number of hydrogen-bond donors (Lipinski definition) is 0. The van der Waals surface area contributed by atoms with Gasteiger partial charge in [-0.2, -0.15) is 0 Å². The molecule has 2 aliphatic heterocycles. The predicted octanol–water partition coefficient (Wildman–Crippen LogP) is 4.90. The highest BCUT2D eigenvalue weighted by Gasteiger charge is 2.35. The summed E-state index contributed by atoms with van der Waals surface area (Å²) in [5.41, 5.74) is 2.17. The molecule has 0 radical (unpaired) electrons. The first-order valence-electron chi connectivity index (χ1n) is 11.5. The second-order valence-corrected chi connectivity index (χ2v) is 9.86. The molecule has 0 unspecified atom stereocenters. The summed E-state index contributed by atoms with van der Waals surface area (Å²) in [5.74, 6) is 1.06. The van der Waals surface area contributed by atoms with Gasteiger partial charge in [0.25, 0.3) is 0 Å². The molecule has 2 fully saturated rings. The van der Waals surface area contributed by atoms with Crippen LogP contribution >= 0.6 is 11.3 Å². The number of rotatable bonds is 4. The molecule has 3 aliphatic rings. The summed E-state index contributed by atoms with van der Waals surface area (Å²) in [6, 6.07) is 9.07. The van der Waals surface area contributed by atoms with Crippen LogP contribution in [0.15, 0.2) is 24.3 Å². The summed E-state index contributed by atoms with van der Waals surface area (Å²) in [6.45, 7) is 4.99. The van der Waals surface area contributed by atoms with Crippen molar-refractivity contribution in [1.82, 2.24) is 9.88 Å². The summed E-state index contributed by atoms with van der Waals surface area (Å²) < 4.78 is 6.21. The molecular weight excluding hydrogens is 394 g/mol. The molecule has 1 aliphatic carbocycles. The fraction of sp³-hybridized carbons (Fsp3) is 0.583. The Bertz CT molecular complexity index is 882. The van der Waals surface area contributed by atoms with Crippen molar-refractivity contribution in [3.8, 4) is 16.3 Å². The molecule has 5 rings (SSSR count). The van der Waals surface area contributed by atoms with Gasteiger partial charge < -0.3 is 14.5 Å². The molecule has 1 aromatic carbocycles. The van der Waals surface area contributed by atoms with E-state index in [1.165, 1.54) is 32.4 Å². The lowest BCUT2D eigenvalue weighted by Gasteiger charge is -2.44. The lowest BCUT2D eigenvalue weighted by atomic mass is 9.86. The Morgan fingerprint density at radius 2 is 1.77 bits per heavy atom. The third-order valence-corrected chi connectivity index (χ3v) is 7.90. The standard InChI is InChI=1S/C24H31N3O2S/c1-17(28)27-14-6-3-7-22-24(27)30-23(25-22)18-8-10-20(11-9-18)29-21-15-19(16-21)26-12-4-2-5-13-26/h8-11,19,21H,2-7,12-16H2,1H3. The number of aryl methyl sites for hydroxylation is 1. The first-order valence-corrected chi connectivity index (χ1v) is 12.3. The molecule has 0 N–H and O–H groups in total. The van der Waals surface area contributed by atoms with Crippen molar-refractivity contribution in [2.45, 2.75) is 70.4 Å². The zero-order chi connectivity index (χ0) is 20.5. The minimum Gasteiger partial charge on any atom is -0.490 e. The monoisotopic (exact) mass is 425 g/mol. The van der Waals surface area contributed by atoms with Gasteiger partial charge in [0, 0.05) is 37.9 Å². The first-order chi connectivity index (χ1) is 14.7. The smallest absolute Gasteiger partial charge is 0.224 e. The van der Waals surface area contributed by atoms with Crippen molar-refractivity contribution >= 4 is 22.2 Å². The molecule has 0 atom stereocenters. The molecule has 6 heteroatoms. The molecule has 160 valence electrons. The number of nitrogens with zero attached hydrogens (tertiary/aromatic N) is 3. The fourth-order valence-electron chi connectivity index (χ4n) is 4.89. The van der Waals surface area contributed by atoms with Crippen molar-refractivity contribution in [2.24, 2.45) is 0 Å².